The largest absolute Gasteiger partial charge is 0.388 e. The lowest BCUT2D eigenvalue weighted by Gasteiger charge is -2.29. The Kier molecular flexibility index (Phi) is 5.05. The summed E-state index contributed by atoms with van der Waals surface area (Å²) in [6, 6.07) is -0.0126. The maximum absolute atomic E-state index is 11.8. The zero-order chi connectivity index (χ0) is 13.7. The maximum atomic E-state index is 11.8. The SMILES string of the molecule is CC(NC(=O)NCC1(O)CCCC1)C1CCOCC1. The van der Waals surface area contributed by atoms with Gasteiger partial charge in [-0.25, -0.2) is 4.79 Å². The first-order valence-electron chi connectivity index (χ1n) is 7.44. The highest BCUT2D eigenvalue weighted by atomic mass is 16.5. The zero-order valence-electron chi connectivity index (χ0n) is 11.8. The standard InChI is InChI=1S/C14H26N2O3/c1-11(12-4-8-19-9-5-12)16-13(17)15-10-14(18)6-2-3-7-14/h11-12,18H,2-10H2,1H3,(H2,15,16,17). The van der Waals surface area contributed by atoms with Crippen molar-refractivity contribution in [1.29, 1.82) is 0 Å². The van der Waals surface area contributed by atoms with Crippen LogP contribution in [0.1, 0.15) is 45.4 Å². The first-order valence-corrected chi connectivity index (χ1v) is 7.44. The quantitative estimate of drug-likeness (QED) is 0.723. The van der Waals surface area contributed by atoms with E-state index < -0.39 is 5.60 Å². The van der Waals surface area contributed by atoms with Crippen LogP contribution in [-0.2, 0) is 4.74 Å². The summed E-state index contributed by atoms with van der Waals surface area (Å²) in [6.07, 6.45) is 5.71. The molecule has 1 aliphatic carbocycles. The maximum Gasteiger partial charge on any atom is 0.315 e. The summed E-state index contributed by atoms with van der Waals surface area (Å²) >= 11 is 0. The van der Waals surface area contributed by atoms with Crippen molar-refractivity contribution in [2.75, 3.05) is 19.8 Å². The van der Waals surface area contributed by atoms with Gasteiger partial charge in [0.2, 0.25) is 0 Å². The normalized spacial score (nSPS) is 24.9. The minimum atomic E-state index is -0.681. The number of amides is 2. The van der Waals surface area contributed by atoms with Crippen molar-refractivity contribution in [3.8, 4) is 0 Å². The van der Waals surface area contributed by atoms with Crippen molar-refractivity contribution < 1.29 is 14.6 Å². The van der Waals surface area contributed by atoms with E-state index in [1.165, 1.54) is 0 Å². The average molecular weight is 270 g/mol. The molecule has 2 fully saturated rings. The van der Waals surface area contributed by atoms with E-state index in [4.69, 9.17) is 4.74 Å². The summed E-state index contributed by atoms with van der Waals surface area (Å²) in [5, 5.41) is 15.9. The van der Waals surface area contributed by atoms with Gasteiger partial charge in [-0.3, -0.25) is 0 Å². The molecule has 1 aliphatic heterocycles. The van der Waals surface area contributed by atoms with Gasteiger partial charge in [-0.15, -0.1) is 0 Å². The molecule has 2 rings (SSSR count). The van der Waals surface area contributed by atoms with Crippen molar-refractivity contribution in [2.45, 2.75) is 57.1 Å². The lowest BCUT2D eigenvalue weighted by Crippen LogP contribution is -2.49. The molecule has 0 aromatic heterocycles. The summed E-state index contributed by atoms with van der Waals surface area (Å²) < 4.78 is 5.32. The van der Waals surface area contributed by atoms with Crippen LogP contribution in [0.15, 0.2) is 0 Å². The average Bonchev–Trinajstić information content (AvgIpc) is 2.85. The van der Waals surface area contributed by atoms with Crippen molar-refractivity contribution in [2.24, 2.45) is 5.92 Å². The highest BCUT2D eigenvalue weighted by molar-refractivity contribution is 5.74. The van der Waals surface area contributed by atoms with Gasteiger partial charge in [-0.1, -0.05) is 12.8 Å². The summed E-state index contributed by atoms with van der Waals surface area (Å²) in [7, 11) is 0. The molecule has 3 N–H and O–H groups in total. The first kappa shape index (κ1) is 14.6. The van der Waals surface area contributed by atoms with Crippen molar-refractivity contribution in [1.82, 2.24) is 10.6 Å². The molecule has 19 heavy (non-hydrogen) atoms. The van der Waals surface area contributed by atoms with Crippen LogP contribution in [0.25, 0.3) is 0 Å². The van der Waals surface area contributed by atoms with Crippen LogP contribution in [0, 0.1) is 5.92 Å². The number of ether oxygens (including phenoxy) is 1. The monoisotopic (exact) mass is 270 g/mol. The molecule has 0 spiro atoms. The van der Waals surface area contributed by atoms with Crippen LogP contribution >= 0.6 is 0 Å². The number of carbonyl (C=O) groups excluding carboxylic acids is 1. The highest BCUT2D eigenvalue weighted by Crippen LogP contribution is 2.28. The van der Waals surface area contributed by atoms with E-state index in [2.05, 4.69) is 10.6 Å². The Bertz CT molecular complexity index is 297. The molecule has 1 saturated carbocycles. The lowest BCUT2D eigenvalue weighted by atomic mass is 9.93. The number of aliphatic hydroxyl groups is 1. The van der Waals surface area contributed by atoms with Crippen LogP contribution in [-0.4, -0.2) is 42.5 Å². The third-order valence-electron chi connectivity index (χ3n) is 4.44. The van der Waals surface area contributed by atoms with Gasteiger partial charge in [0, 0.05) is 25.8 Å². The van der Waals surface area contributed by atoms with Gasteiger partial charge in [0.15, 0.2) is 0 Å². The molecular weight excluding hydrogens is 244 g/mol. The summed E-state index contributed by atoms with van der Waals surface area (Å²) in [4.78, 5) is 11.8. The molecule has 5 nitrogen and oxygen atoms in total. The fourth-order valence-corrected chi connectivity index (χ4v) is 3.05. The van der Waals surface area contributed by atoms with Crippen LogP contribution in [0.3, 0.4) is 0 Å². The van der Waals surface area contributed by atoms with Crippen molar-refractivity contribution in [3.63, 3.8) is 0 Å². The third-order valence-corrected chi connectivity index (χ3v) is 4.44. The number of nitrogens with one attached hydrogen (secondary N) is 2. The second-order valence-corrected chi connectivity index (χ2v) is 6.00. The van der Waals surface area contributed by atoms with E-state index in [1.54, 1.807) is 0 Å². The fourth-order valence-electron chi connectivity index (χ4n) is 3.05. The van der Waals surface area contributed by atoms with Crippen LogP contribution in [0.4, 0.5) is 4.79 Å². The molecule has 0 bridgehead atoms. The van der Waals surface area contributed by atoms with Gasteiger partial charge in [0.05, 0.1) is 5.60 Å². The van der Waals surface area contributed by atoms with E-state index in [1.807, 2.05) is 6.92 Å². The molecule has 0 aromatic carbocycles. The molecule has 0 aromatic rings. The molecule has 1 saturated heterocycles. The van der Waals surface area contributed by atoms with Crippen LogP contribution < -0.4 is 10.6 Å². The van der Waals surface area contributed by atoms with Crippen molar-refractivity contribution in [3.05, 3.63) is 0 Å². The smallest absolute Gasteiger partial charge is 0.315 e. The molecule has 0 radical (unpaired) electrons. The number of hydrogen-bond acceptors (Lipinski definition) is 3. The Balaban J connectivity index is 1.68. The molecule has 1 heterocycles. The van der Waals surface area contributed by atoms with Gasteiger partial charge < -0.3 is 20.5 Å². The second kappa shape index (κ2) is 6.57. The molecule has 1 atom stereocenters. The zero-order valence-corrected chi connectivity index (χ0v) is 11.8. The van der Waals surface area contributed by atoms with Crippen molar-refractivity contribution >= 4 is 6.03 Å². The van der Waals surface area contributed by atoms with E-state index >= 15 is 0 Å². The minimum absolute atomic E-state index is 0.155. The Morgan fingerprint density at radius 1 is 1.37 bits per heavy atom. The Hall–Kier alpha value is -0.810. The lowest BCUT2D eigenvalue weighted by molar-refractivity contribution is 0.0485. The summed E-state index contributed by atoms with van der Waals surface area (Å²) in [6.45, 7) is 3.98. The van der Waals surface area contributed by atoms with Gasteiger partial charge in [0.25, 0.3) is 0 Å². The molecule has 2 aliphatic rings. The molecule has 5 heteroatoms. The summed E-state index contributed by atoms with van der Waals surface area (Å²) in [5.41, 5.74) is -0.681. The highest BCUT2D eigenvalue weighted by Gasteiger charge is 2.31. The van der Waals surface area contributed by atoms with Gasteiger partial charge in [-0.05, 0) is 38.5 Å². The van der Waals surface area contributed by atoms with E-state index in [-0.39, 0.29) is 12.1 Å². The molecule has 1 unspecified atom stereocenters. The fraction of sp³-hybridized carbons (Fsp3) is 0.929. The van der Waals surface area contributed by atoms with E-state index in [0.29, 0.717) is 12.5 Å². The first-order chi connectivity index (χ1) is 9.09. The predicted octanol–water partition coefficient (Wildman–Crippen LogP) is 1.41. The Labute approximate surface area is 115 Å². The number of rotatable bonds is 4. The Morgan fingerprint density at radius 2 is 2.00 bits per heavy atom. The number of urea groups is 1. The van der Waals surface area contributed by atoms with Gasteiger partial charge in [-0.2, -0.15) is 0 Å². The van der Waals surface area contributed by atoms with Gasteiger partial charge >= 0.3 is 6.03 Å². The number of carbonyl (C=O) groups is 1. The molecular formula is C14H26N2O3. The predicted molar refractivity (Wildman–Crippen MR) is 73.0 cm³/mol. The molecule has 2 amide bonds. The topological polar surface area (TPSA) is 70.6 Å². The summed E-state index contributed by atoms with van der Waals surface area (Å²) in [5.74, 6) is 0.495. The minimum Gasteiger partial charge on any atom is -0.388 e. The second-order valence-electron chi connectivity index (χ2n) is 6.00. The molecule has 110 valence electrons. The number of hydrogen-bond donors (Lipinski definition) is 3. The van der Waals surface area contributed by atoms with Gasteiger partial charge in [0.1, 0.15) is 0 Å². The van der Waals surface area contributed by atoms with Crippen LogP contribution in [0.5, 0.6) is 0 Å². The van der Waals surface area contributed by atoms with E-state index in [0.717, 1.165) is 51.7 Å². The Morgan fingerprint density at radius 3 is 2.63 bits per heavy atom. The van der Waals surface area contributed by atoms with E-state index in [9.17, 15) is 9.90 Å². The third kappa shape index (κ3) is 4.35. The van der Waals surface area contributed by atoms with Crippen LogP contribution in [0.2, 0.25) is 0 Å².